The molecule has 0 unspecified atom stereocenters. The van der Waals surface area contributed by atoms with E-state index in [2.05, 4.69) is 16.3 Å². The van der Waals surface area contributed by atoms with Crippen molar-refractivity contribution in [3.05, 3.63) is 29.3 Å². The van der Waals surface area contributed by atoms with E-state index in [0.29, 0.717) is 0 Å². The molecule has 2 heterocycles. The average molecular weight is 384 g/mol. The molecule has 0 aromatic heterocycles. The molecule has 8 nitrogen and oxygen atoms in total. The Balaban J connectivity index is 0.000000352. The predicted molar refractivity (Wildman–Crippen MR) is 96.5 cm³/mol. The van der Waals surface area contributed by atoms with Crippen molar-refractivity contribution in [2.75, 3.05) is 37.6 Å². The van der Waals surface area contributed by atoms with Crippen molar-refractivity contribution in [3.8, 4) is 0 Å². The van der Waals surface area contributed by atoms with Crippen LogP contribution in [-0.4, -0.2) is 71.7 Å². The van der Waals surface area contributed by atoms with Gasteiger partial charge in [-0.3, -0.25) is 4.79 Å². The Morgan fingerprint density at radius 2 is 1.73 bits per heavy atom. The van der Waals surface area contributed by atoms with E-state index in [1.54, 1.807) is 0 Å². The zero-order valence-corrected chi connectivity index (χ0v) is 15.0. The minimum Gasteiger partial charge on any atom is -0.473 e. The van der Waals surface area contributed by atoms with E-state index in [1.807, 2.05) is 23.1 Å². The second-order valence-corrected chi connectivity index (χ2v) is 6.49. The van der Waals surface area contributed by atoms with Gasteiger partial charge in [-0.05, 0) is 37.6 Å². The number of carbonyl (C=O) groups excluding carboxylic acids is 1. The number of carboxylic acid groups (broad SMARTS) is 2. The van der Waals surface area contributed by atoms with Crippen LogP contribution in [0, 0.1) is 0 Å². The maximum Gasteiger partial charge on any atom is 0.414 e. The summed E-state index contributed by atoms with van der Waals surface area (Å²) in [5.41, 5.74) is 1.14. The molecule has 2 aliphatic heterocycles. The van der Waals surface area contributed by atoms with Gasteiger partial charge in [0.2, 0.25) is 5.91 Å². The number of anilines is 1. The van der Waals surface area contributed by atoms with Gasteiger partial charge in [0.05, 0.1) is 6.04 Å². The molecule has 3 N–H and O–H groups in total. The first-order valence-electron chi connectivity index (χ1n) is 8.37. The first-order valence-corrected chi connectivity index (χ1v) is 8.75. The van der Waals surface area contributed by atoms with Gasteiger partial charge in [-0.15, -0.1) is 0 Å². The molecular formula is C17H22ClN3O5. The minimum atomic E-state index is -1.82. The number of hydrogen-bond acceptors (Lipinski definition) is 5. The summed E-state index contributed by atoms with van der Waals surface area (Å²) in [5, 5.41) is 18.8. The Bertz CT molecular complexity index is 644. The molecule has 2 saturated heterocycles. The van der Waals surface area contributed by atoms with Crippen LogP contribution in [0.1, 0.15) is 12.8 Å². The lowest BCUT2D eigenvalue weighted by atomic mass is 10.1. The zero-order chi connectivity index (χ0) is 19.1. The normalized spacial score (nSPS) is 19.5. The SMILES string of the molecule is O=C(O)C(=O)O.O=C([C@@H]1CCCN1)N1CCN(c2cccc(Cl)c2)CC1. The van der Waals surface area contributed by atoms with E-state index in [1.165, 1.54) is 0 Å². The Morgan fingerprint density at radius 3 is 2.23 bits per heavy atom. The summed E-state index contributed by atoms with van der Waals surface area (Å²) >= 11 is 6.03. The molecule has 1 amide bonds. The van der Waals surface area contributed by atoms with Crippen molar-refractivity contribution in [3.63, 3.8) is 0 Å². The molecule has 0 spiro atoms. The highest BCUT2D eigenvalue weighted by atomic mass is 35.5. The van der Waals surface area contributed by atoms with Crippen LogP contribution in [0.15, 0.2) is 24.3 Å². The molecule has 1 aromatic rings. The van der Waals surface area contributed by atoms with Gasteiger partial charge in [-0.2, -0.15) is 0 Å². The lowest BCUT2D eigenvalue weighted by molar-refractivity contribution is -0.159. The van der Waals surface area contributed by atoms with Crippen molar-refractivity contribution >= 4 is 35.1 Å². The molecule has 9 heteroatoms. The van der Waals surface area contributed by atoms with Gasteiger partial charge in [0, 0.05) is 36.9 Å². The van der Waals surface area contributed by atoms with Gasteiger partial charge >= 0.3 is 11.9 Å². The van der Waals surface area contributed by atoms with Crippen molar-refractivity contribution in [2.24, 2.45) is 0 Å². The maximum absolute atomic E-state index is 12.3. The van der Waals surface area contributed by atoms with Gasteiger partial charge in [0.25, 0.3) is 0 Å². The van der Waals surface area contributed by atoms with E-state index in [0.717, 1.165) is 56.3 Å². The molecule has 0 aliphatic carbocycles. The summed E-state index contributed by atoms with van der Waals surface area (Å²) in [6.07, 6.45) is 2.09. The summed E-state index contributed by atoms with van der Waals surface area (Å²) in [6, 6.07) is 7.96. The second-order valence-electron chi connectivity index (χ2n) is 6.05. The van der Waals surface area contributed by atoms with Crippen LogP contribution in [0.5, 0.6) is 0 Å². The minimum absolute atomic E-state index is 0.0488. The number of benzene rings is 1. The van der Waals surface area contributed by atoms with Crippen LogP contribution in [0.3, 0.4) is 0 Å². The van der Waals surface area contributed by atoms with E-state index in [4.69, 9.17) is 31.4 Å². The van der Waals surface area contributed by atoms with Crippen LogP contribution < -0.4 is 10.2 Å². The Kier molecular flexibility index (Phi) is 7.23. The number of aliphatic carboxylic acids is 2. The lowest BCUT2D eigenvalue weighted by Crippen LogP contribution is -2.53. The third kappa shape index (κ3) is 5.60. The standard InChI is InChI=1S/C15H20ClN3O.C2H2O4/c16-12-3-1-4-13(11-12)18-7-9-19(10-8-18)15(20)14-5-2-6-17-14;3-1(4)2(5)6/h1,3-4,11,14,17H,2,5-10H2;(H,3,4)(H,5,6)/t14-;/m0./s1. The number of rotatable bonds is 2. The summed E-state index contributed by atoms with van der Waals surface area (Å²) < 4.78 is 0. The monoisotopic (exact) mass is 383 g/mol. The highest BCUT2D eigenvalue weighted by Gasteiger charge is 2.29. The van der Waals surface area contributed by atoms with E-state index < -0.39 is 11.9 Å². The molecule has 0 saturated carbocycles. The van der Waals surface area contributed by atoms with Crippen molar-refractivity contribution < 1.29 is 24.6 Å². The molecule has 2 fully saturated rings. The first kappa shape index (κ1) is 20.0. The molecule has 3 rings (SSSR count). The third-order valence-corrected chi connectivity index (χ3v) is 4.54. The Hall–Kier alpha value is -2.32. The van der Waals surface area contributed by atoms with Crippen LogP contribution in [0.25, 0.3) is 0 Å². The highest BCUT2D eigenvalue weighted by molar-refractivity contribution is 6.30. The number of carbonyl (C=O) groups is 3. The molecule has 0 bridgehead atoms. The molecule has 26 heavy (non-hydrogen) atoms. The predicted octanol–water partition coefficient (Wildman–Crippen LogP) is 0.896. The number of nitrogens with one attached hydrogen (secondary N) is 1. The molecule has 1 atom stereocenters. The topological polar surface area (TPSA) is 110 Å². The molecule has 142 valence electrons. The van der Waals surface area contributed by atoms with Gasteiger partial charge in [0.1, 0.15) is 0 Å². The highest BCUT2D eigenvalue weighted by Crippen LogP contribution is 2.21. The number of piperazine rings is 1. The molecule has 1 aromatic carbocycles. The smallest absolute Gasteiger partial charge is 0.414 e. The Labute approximate surface area is 156 Å². The summed E-state index contributed by atoms with van der Waals surface area (Å²) in [6.45, 7) is 4.31. The molecule has 0 radical (unpaired) electrons. The molecular weight excluding hydrogens is 362 g/mol. The zero-order valence-electron chi connectivity index (χ0n) is 14.2. The number of carboxylic acids is 2. The fourth-order valence-corrected chi connectivity index (χ4v) is 3.16. The second kappa shape index (κ2) is 9.40. The maximum atomic E-state index is 12.3. The quantitative estimate of drug-likeness (QED) is 0.650. The molecule has 2 aliphatic rings. The van der Waals surface area contributed by atoms with Crippen LogP contribution in [0.2, 0.25) is 5.02 Å². The number of amides is 1. The summed E-state index contributed by atoms with van der Waals surface area (Å²) in [5.74, 6) is -3.38. The van der Waals surface area contributed by atoms with Gasteiger partial charge in [-0.25, -0.2) is 9.59 Å². The Morgan fingerprint density at radius 1 is 1.08 bits per heavy atom. The van der Waals surface area contributed by atoms with Crippen LogP contribution in [-0.2, 0) is 14.4 Å². The van der Waals surface area contributed by atoms with Crippen molar-refractivity contribution in [1.82, 2.24) is 10.2 Å². The van der Waals surface area contributed by atoms with E-state index >= 15 is 0 Å². The van der Waals surface area contributed by atoms with Crippen molar-refractivity contribution in [1.29, 1.82) is 0 Å². The number of nitrogens with zero attached hydrogens (tertiary/aromatic N) is 2. The van der Waals surface area contributed by atoms with Crippen LogP contribution >= 0.6 is 11.6 Å². The lowest BCUT2D eigenvalue weighted by Gasteiger charge is -2.37. The van der Waals surface area contributed by atoms with E-state index in [-0.39, 0.29) is 11.9 Å². The van der Waals surface area contributed by atoms with Gasteiger partial charge in [-0.1, -0.05) is 17.7 Å². The fourth-order valence-electron chi connectivity index (χ4n) is 2.97. The number of hydrogen-bond donors (Lipinski definition) is 3. The van der Waals surface area contributed by atoms with Crippen LogP contribution in [0.4, 0.5) is 5.69 Å². The fraction of sp³-hybridized carbons (Fsp3) is 0.471. The summed E-state index contributed by atoms with van der Waals surface area (Å²) in [7, 11) is 0. The first-order chi connectivity index (χ1) is 12.4. The summed E-state index contributed by atoms with van der Waals surface area (Å²) in [4.78, 5) is 34.8. The van der Waals surface area contributed by atoms with Gasteiger partial charge < -0.3 is 25.3 Å². The van der Waals surface area contributed by atoms with E-state index in [9.17, 15) is 4.79 Å². The average Bonchev–Trinajstić information content (AvgIpc) is 3.16. The van der Waals surface area contributed by atoms with Crippen molar-refractivity contribution in [2.45, 2.75) is 18.9 Å². The third-order valence-electron chi connectivity index (χ3n) is 4.31. The van der Waals surface area contributed by atoms with Gasteiger partial charge in [0.15, 0.2) is 0 Å². The largest absolute Gasteiger partial charge is 0.473 e. The number of halogens is 1.